The van der Waals surface area contributed by atoms with Gasteiger partial charge in [0.25, 0.3) is 0 Å². The summed E-state index contributed by atoms with van der Waals surface area (Å²) in [7, 11) is -3.64. The van der Waals surface area contributed by atoms with Crippen molar-refractivity contribution in [2.75, 3.05) is 31.5 Å². The lowest BCUT2D eigenvalue weighted by Gasteiger charge is -2.22. The Morgan fingerprint density at radius 2 is 1.93 bits per heavy atom. The molecule has 2 aromatic rings. The van der Waals surface area contributed by atoms with Crippen molar-refractivity contribution in [1.29, 1.82) is 0 Å². The molecule has 0 radical (unpaired) electrons. The van der Waals surface area contributed by atoms with Gasteiger partial charge in [-0.05, 0) is 44.9 Å². The molecule has 9 heteroatoms. The van der Waals surface area contributed by atoms with E-state index in [4.69, 9.17) is 0 Å². The van der Waals surface area contributed by atoms with Crippen molar-refractivity contribution in [3.63, 3.8) is 0 Å². The average molecular weight is 391 g/mol. The quantitative estimate of drug-likeness (QED) is 0.838. The molecule has 1 aliphatic rings. The Bertz CT molecular complexity index is 919. The van der Waals surface area contributed by atoms with E-state index in [2.05, 4.69) is 15.5 Å². The van der Waals surface area contributed by atoms with Crippen LogP contribution in [0, 0.1) is 20.8 Å². The Kier molecular flexibility index (Phi) is 5.52. The fraction of sp³-hybridized carbons (Fsp3) is 0.444. The Morgan fingerprint density at radius 3 is 2.59 bits per heavy atom. The van der Waals surface area contributed by atoms with Crippen molar-refractivity contribution in [1.82, 2.24) is 19.4 Å². The van der Waals surface area contributed by atoms with Crippen LogP contribution < -0.4 is 5.32 Å². The highest BCUT2D eigenvalue weighted by atomic mass is 32.2. The van der Waals surface area contributed by atoms with Gasteiger partial charge < -0.3 is 10.2 Å². The molecule has 0 bridgehead atoms. The number of aromatic amines is 1. The summed E-state index contributed by atoms with van der Waals surface area (Å²) in [6.45, 7) is 6.82. The summed E-state index contributed by atoms with van der Waals surface area (Å²) in [5.41, 5.74) is 2.79. The summed E-state index contributed by atoms with van der Waals surface area (Å²) >= 11 is 0. The van der Waals surface area contributed by atoms with Gasteiger partial charge in [-0.25, -0.2) is 13.2 Å². The summed E-state index contributed by atoms with van der Waals surface area (Å²) in [6.07, 6.45) is 0.580. The van der Waals surface area contributed by atoms with Crippen molar-refractivity contribution in [3.05, 3.63) is 41.2 Å². The first-order chi connectivity index (χ1) is 12.8. The highest BCUT2D eigenvalue weighted by Crippen LogP contribution is 2.23. The summed E-state index contributed by atoms with van der Waals surface area (Å²) < 4.78 is 27.4. The van der Waals surface area contributed by atoms with Crippen molar-refractivity contribution in [3.8, 4) is 0 Å². The zero-order valence-corrected chi connectivity index (χ0v) is 16.6. The molecule has 1 fully saturated rings. The molecule has 1 aromatic heterocycles. The molecule has 1 aromatic carbocycles. The molecule has 0 saturated carbocycles. The highest BCUT2D eigenvalue weighted by molar-refractivity contribution is 7.89. The highest BCUT2D eigenvalue weighted by Gasteiger charge is 2.31. The van der Waals surface area contributed by atoms with Crippen LogP contribution in [0.2, 0.25) is 0 Å². The Balaban J connectivity index is 1.69. The minimum atomic E-state index is -3.64. The number of benzene rings is 1. The number of rotatable bonds is 3. The molecule has 0 atom stereocenters. The lowest BCUT2D eigenvalue weighted by atomic mass is 10.2. The number of nitrogens with zero attached hydrogens (tertiary/aromatic N) is 3. The maximum atomic E-state index is 13.0. The SMILES string of the molecule is Cc1cccc(NC(=O)N2CCCN(S(=O)(=O)c3c(C)n[nH]c3C)CC2)c1. The molecule has 0 aliphatic carbocycles. The number of sulfonamides is 1. The molecular formula is C18H25N5O3S. The number of carbonyl (C=O) groups excluding carboxylic acids is 1. The van der Waals surface area contributed by atoms with Gasteiger partial charge in [0.15, 0.2) is 0 Å². The molecule has 27 heavy (non-hydrogen) atoms. The third kappa shape index (κ3) is 4.14. The maximum absolute atomic E-state index is 13.0. The van der Waals surface area contributed by atoms with E-state index in [0.29, 0.717) is 37.4 Å². The van der Waals surface area contributed by atoms with Crippen LogP contribution in [-0.2, 0) is 10.0 Å². The number of anilines is 1. The largest absolute Gasteiger partial charge is 0.323 e. The van der Waals surface area contributed by atoms with Crippen LogP contribution in [-0.4, -0.2) is 60.0 Å². The van der Waals surface area contributed by atoms with Gasteiger partial charge in [0.05, 0.1) is 11.4 Å². The lowest BCUT2D eigenvalue weighted by Crippen LogP contribution is -2.39. The van der Waals surface area contributed by atoms with Gasteiger partial charge in [-0.15, -0.1) is 0 Å². The van der Waals surface area contributed by atoms with E-state index in [1.807, 2.05) is 31.2 Å². The third-order valence-electron chi connectivity index (χ3n) is 4.67. The van der Waals surface area contributed by atoms with Crippen molar-refractivity contribution < 1.29 is 13.2 Å². The van der Waals surface area contributed by atoms with E-state index in [0.717, 1.165) is 11.3 Å². The Labute approximate surface area is 159 Å². The monoisotopic (exact) mass is 391 g/mol. The van der Waals surface area contributed by atoms with Gasteiger partial charge >= 0.3 is 6.03 Å². The van der Waals surface area contributed by atoms with Gasteiger partial charge in [0, 0.05) is 31.9 Å². The standard InChI is InChI=1S/C18H25N5O3S/c1-13-6-4-7-16(12-13)19-18(24)22-8-5-9-23(11-10-22)27(25,26)17-14(2)20-21-15(17)3/h4,6-7,12H,5,8-11H2,1-3H3,(H,19,24)(H,20,21). The molecule has 146 valence electrons. The number of nitrogens with one attached hydrogen (secondary N) is 2. The summed E-state index contributed by atoms with van der Waals surface area (Å²) in [6, 6.07) is 7.37. The van der Waals surface area contributed by atoms with E-state index in [1.165, 1.54) is 4.31 Å². The molecule has 1 saturated heterocycles. The number of amides is 2. The number of hydrogen-bond donors (Lipinski definition) is 2. The number of aromatic nitrogens is 2. The van der Waals surface area contributed by atoms with Crippen LogP contribution in [0.25, 0.3) is 0 Å². The third-order valence-corrected chi connectivity index (χ3v) is 6.83. The number of hydrogen-bond acceptors (Lipinski definition) is 4. The van der Waals surface area contributed by atoms with E-state index < -0.39 is 10.0 Å². The summed E-state index contributed by atoms with van der Waals surface area (Å²) in [5, 5.41) is 9.60. The van der Waals surface area contributed by atoms with Crippen LogP contribution in [0.3, 0.4) is 0 Å². The van der Waals surface area contributed by atoms with Gasteiger partial charge in [-0.2, -0.15) is 9.40 Å². The predicted molar refractivity (Wildman–Crippen MR) is 103 cm³/mol. The van der Waals surface area contributed by atoms with Crippen LogP contribution in [0.4, 0.5) is 10.5 Å². The zero-order valence-electron chi connectivity index (χ0n) is 15.8. The van der Waals surface area contributed by atoms with E-state index in [9.17, 15) is 13.2 Å². The predicted octanol–water partition coefficient (Wildman–Crippen LogP) is 2.26. The fourth-order valence-electron chi connectivity index (χ4n) is 3.31. The number of carbonyl (C=O) groups is 1. The summed E-state index contributed by atoms with van der Waals surface area (Å²) in [4.78, 5) is 14.5. The molecule has 2 heterocycles. The molecule has 0 spiro atoms. The first-order valence-electron chi connectivity index (χ1n) is 8.93. The number of H-pyrrole nitrogens is 1. The zero-order chi connectivity index (χ0) is 19.6. The van der Waals surface area contributed by atoms with Gasteiger partial charge in [-0.3, -0.25) is 5.10 Å². The van der Waals surface area contributed by atoms with Crippen molar-refractivity contribution >= 4 is 21.7 Å². The average Bonchev–Trinajstić information content (AvgIpc) is 2.82. The lowest BCUT2D eigenvalue weighted by molar-refractivity contribution is 0.214. The van der Waals surface area contributed by atoms with Crippen LogP contribution >= 0.6 is 0 Å². The first-order valence-corrected chi connectivity index (χ1v) is 10.4. The van der Waals surface area contributed by atoms with E-state index in [-0.39, 0.29) is 17.5 Å². The number of urea groups is 1. The first kappa shape index (κ1) is 19.4. The molecule has 2 amide bonds. The van der Waals surface area contributed by atoms with Gasteiger partial charge in [0.1, 0.15) is 4.90 Å². The van der Waals surface area contributed by atoms with Gasteiger partial charge in [-0.1, -0.05) is 12.1 Å². The molecule has 1 aliphatic heterocycles. The molecule has 8 nitrogen and oxygen atoms in total. The second-order valence-electron chi connectivity index (χ2n) is 6.81. The van der Waals surface area contributed by atoms with Crippen LogP contribution in [0.5, 0.6) is 0 Å². The Hall–Kier alpha value is -2.39. The normalized spacial score (nSPS) is 16.2. The molecule has 3 rings (SSSR count). The minimum Gasteiger partial charge on any atom is -0.323 e. The van der Waals surface area contributed by atoms with E-state index >= 15 is 0 Å². The van der Waals surface area contributed by atoms with Crippen molar-refractivity contribution in [2.24, 2.45) is 0 Å². The maximum Gasteiger partial charge on any atom is 0.321 e. The Morgan fingerprint density at radius 1 is 1.15 bits per heavy atom. The summed E-state index contributed by atoms with van der Waals surface area (Å²) in [5.74, 6) is 0. The molecule has 2 N–H and O–H groups in total. The van der Waals surface area contributed by atoms with Crippen LogP contribution in [0.1, 0.15) is 23.4 Å². The fourth-order valence-corrected chi connectivity index (χ4v) is 5.11. The second-order valence-corrected chi connectivity index (χ2v) is 8.68. The van der Waals surface area contributed by atoms with Crippen molar-refractivity contribution in [2.45, 2.75) is 32.1 Å². The smallest absolute Gasteiger partial charge is 0.321 e. The second kappa shape index (κ2) is 7.69. The molecule has 0 unspecified atom stereocenters. The topological polar surface area (TPSA) is 98.4 Å². The van der Waals surface area contributed by atoms with E-state index in [1.54, 1.807) is 18.7 Å². The minimum absolute atomic E-state index is 0.212. The van der Waals surface area contributed by atoms with Crippen LogP contribution in [0.15, 0.2) is 29.2 Å². The number of aryl methyl sites for hydroxylation is 3. The van der Waals surface area contributed by atoms with Gasteiger partial charge in [0.2, 0.25) is 10.0 Å². The molecular weight excluding hydrogens is 366 g/mol.